The maximum Gasteiger partial charge on any atom is 0.341 e. The zero-order valence-corrected chi connectivity index (χ0v) is 8.35. The van der Waals surface area contributed by atoms with Crippen LogP contribution in [0.4, 0.5) is 4.39 Å². The third kappa shape index (κ3) is 2.53. The number of carboxylic acid groups (broad SMARTS) is 1. The number of aryl methyl sites for hydroxylation is 1. The van der Waals surface area contributed by atoms with Crippen molar-refractivity contribution in [1.29, 1.82) is 0 Å². The molecule has 0 radical (unpaired) electrons. The average molecular weight is 212 g/mol. The Morgan fingerprint density at radius 1 is 1.47 bits per heavy atom. The molecule has 1 rings (SSSR count). The van der Waals surface area contributed by atoms with Crippen molar-refractivity contribution in [3.63, 3.8) is 0 Å². The summed E-state index contributed by atoms with van der Waals surface area (Å²) in [6.07, 6.45) is -3.25. The fourth-order valence-corrected chi connectivity index (χ4v) is 1.44. The van der Waals surface area contributed by atoms with Crippen LogP contribution in [0.3, 0.4) is 0 Å². The van der Waals surface area contributed by atoms with Crippen LogP contribution in [0.2, 0.25) is 0 Å². The van der Waals surface area contributed by atoms with Crippen LogP contribution < -0.4 is 0 Å². The van der Waals surface area contributed by atoms with Gasteiger partial charge in [-0.2, -0.15) is 0 Å². The molecular weight excluding hydrogens is 199 g/mol. The minimum absolute atomic E-state index is 0.343. The maximum atomic E-state index is 13.1. The summed E-state index contributed by atoms with van der Waals surface area (Å²) >= 11 is 0. The van der Waals surface area contributed by atoms with Crippen molar-refractivity contribution in [2.24, 2.45) is 0 Å². The minimum atomic E-state index is -2.28. The summed E-state index contributed by atoms with van der Waals surface area (Å²) in [6, 6.07) is 6.70. The highest BCUT2D eigenvalue weighted by Crippen LogP contribution is 2.23. The molecule has 0 heterocycles. The molecule has 0 aliphatic rings. The lowest BCUT2D eigenvalue weighted by Gasteiger charge is -2.15. The van der Waals surface area contributed by atoms with Gasteiger partial charge in [-0.15, -0.1) is 0 Å². The molecule has 3 nitrogen and oxygen atoms in total. The van der Waals surface area contributed by atoms with Gasteiger partial charge in [0.15, 0.2) is 0 Å². The number of rotatable bonds is 4. The number of carboxylic acids is 1. The number of carbonyl (C=O) groups is 1. The molecule has 0 saturated carbocycles. The molecule has 0 aliphatic heterocycles. The molecule has 15 heavy (non-hydrogen) atoms. The van der Waals surface area contributed by atoms with Gasteiger partial charge in [0.05, 0.1) is 0 Å². The van der Waals surface area contributed by atoms with Crippen molar-refractivity contribution in [1.82, 2.24) is 0 Å². The molecule has 0 bridgehead atoms. The Hall–Kier alpha value is -1.42. The van der Waals surface area contributed by atoms with Gasteiger partial charge in [0.1, 0.15) is 6.10 Å². The van der Waals surface area contributed by atoms with Crippen molar-refractivity contribution in [2.75, 3.05) is 0 Å². The van der Waals surface area contributed by atoms with E-state index in [0.717, 1.165) is 5.56 Å². The highest BCUT2D eigenvalue weighted by atomic mass is 19.1. The molecule has 0 amide bonds. The van der Waals surface area contributed by atoms with Crippen LogP contribution in [0, 0.1) is 0 Å². The average Bonchev–Trinajstić information content (AvgIpc) is 2.26. The van der Waals surface area contributed by atoms with Gasteiger partial charge in [-0.25, -0.2) is 9.18 Å². The van der Waals surface area contributed by atoms with Gasteiger partial charge in [0.25, 0.3) is 0 Å². The second-order valence-electron chi connectivity index (χ2n) is 3.24. The van der Waals surface area contributed by atoms with Crippen molar-refractivity contribution in [3.8, 4) is 0 Å². The van der Waals surface area contributed by atoms with E-state index in [-0.39, 0.29) is 0 Å². The molecule has 2 N–H and O–H groups in total. The second-order valence-corrected chi connectivity index (χ2v) is 3.24. The summed E-state index contributed by atoms with van der Waals surface area (Å²) in [6.45, 7) is 1.86. The van der Waals surface area contributed by atoms with E-state index in [0.29, 0.717) is 12.0 Å². The van der Waals surface area contributed by atoms with Gasteiger partial charge in [0.2, 0.25) is 6.17 Å². The van der Waals surface area contributed by atoms with Gasteiger partial charge in [-0.05, 0) is 17.5 Å². The SMILES string of the molecule is CCc1ccccc1C(O)C(F)C(=O)O. The highest BCUT2D eigenvalue weighted by molar-refractivity contribution is 5.73. The van der Waals surface area contributed by atoms with E-state index < -0.39 is 18.2 Å². The van der Waals surface area contributed by atoms with Crippen molar-refractivity contribution >= 4 is 5.97 Å². The third-order valence-corrected chi connectivity index (χ3v) is 2.27. The summed E-state index contributed by atoms with van der Waals surface area (Å²) in [5, 5.41) is 18.0. The Kier molecular flexibility index (Phi) is 3.80. The lowest BCUT2D eigenvalue weighted by atomic mass is 9.98. The number of aliphatic hydroxyl groups excluding tert-OH is 1. The number of alkyl halides is 1. The van der Waals surface area contributed by atoms with Gasteiger partial charge in [0, 0.05) is 0 Å². The first-order valence-electron chi connectivity index (χ1n) is 4.70. The van der Waals surface area contributed by atoms with Gasteiger partial charge < -0.3 is 10.2 Å². The summed E-state index contributed by atoms with van der Waals surface area (Å²) in [7, 11) is 0. The predicted octanol–water partition coefficient (Wildman–Crippen LogP) is 1.71. The first-order chi connectivity index (χ1) is 7.07. The van der Waals surface area contributed by atoms with Gasteiger partial charge in [-0.3, -0.25) is 0 Å². The monoisotopic (exact) mass is 212 g/mol. The lowest BCUT2D eigenvalue weighted by Crippen LogP contribution is -2.24. The minimum Gasteiger partial charge on any atom is -0.479 e. The van der Waals surface area contributed by atoms with Crippen molar-refractivity contribution in [2.45, 2.75) is 25.6 Å². The summed E-state index contributed by atoms with van der Waals surface area (Å²) in [5.41, 5.74) is 1.10. The van der Waals surface area contributed by atoms with Crippen molar-refractivity contribution in [3.05, 3.63) is 35.4 Å². The molecule has 2 atom stereocenters. The second kappa shape index (κ2) is 4.89. The molecular formula is C11H13FO3. The van der Waals surface area contributed by atoms with E-state index in [2.05, 4.69) is 0 Å². The van der Waals surface area contributed by atoms with Gasteiger partial charge >= 0.3 is 5.97 Å². The maximum absolute atomic E-state index is 13.1. The number of halogens is 1. The highest BCUT2D eigenvalue weighted by Gasteiger charge is 2.28. The molecule has 0 aliphatic carbocycles. The van der Waals surface area contributed by atoms with Crippen LogP contribution in [-0.4, -0.2) is 22.4 Å². The molecule has 4 heteroatoms. The Bertz CT molecular complexity index is 351. The molecule has 1 aromatic rings. The number of aliphatic carboxylic acids is 1. The van der Waals surface area contributed by atoms with Crippen LogP contribution in [-0.2, 0) is 11.2 Å². The summed E-state index contributed by atoms with van der Waals surface area (Å²) in [4.78, 5) is 10.4. The largest absolute Gasteiger partial charge is 0.479 e. The van der Waals surface area contributed by atoms with E-state index in [1.54, 1.807) is 24.3 Å². The smallest absolute Gasteiger partial charge is 0.341 e. The third-order valence-electron chi connectivity index (χ3n) is 2.27. The molecule has 82 valence electrons. The quantitative estimate of drug-likeness (QED) is 0.798. The molecule has 0 fully saturated rings. The van der Waals surface area contributed by atoms with Crippen LogP contribution in [0.1, 0.15) is 24.2 Å². The lowest BCUT2D eigenvalue weighted by molar-refractivity contribution is -0.147. The number of aliphatic hydroxyl groups is 1. The van der Waals surface area contributed by atoms with E-state index in [4.69, 9.17) is 5.11 Å². The molecule has 2 unspecified atom stereocenters. The number of benzene rings is 1. The molecule has 0 aromatic heterocycles. The zero-order chi connectivity index (χ0) is 11.4. The Morgan fingerprint density at radius 2 is 2.07 bits per heavy atom. The van der Waals surface area contributed by atoms with Crippen LogP contribution in [0.15, 0.2) is 24.3 Å². The first kappa shape index (κ1) is 11.7. The van der Waals surface area contributed by atoms with Crippen LogP contribution >= 0.6 is 0 Å². The van der Waals surface area contributed by atoms with Crippen LogP contribution in [0.25, 0.3) is 0 Å². The van der Waals surface area contributed by atoms with E-state index in [1.807, 2.05) is 6.92 Å². The first-order valence-corrected chi connectivity index (χ1v) is 4.70. The zero-order valence-electron chi connectivity index (χ0n) is 8.35. The number of hydrogen-bond donors (Lipinski definition) is 2. The van der Waals surface area contributed by atoms with E-state index >= 15 is 0 Å². The van der Waals surface area contributed by atoms with Gasteiger partial charge in [-0.1, -0.05) is 31.2 Å². The normalized spacial score (nSPS) is 14.6. The topological polar surface area (TPSA) is 57.5 Å². The fraction of sp³-hybridized carbons (Fsp3) is 0.364. The number of hydrogen-bond acceptors (Lipinski definition) is 2. The van der Waals surface area contributed by atoms with E-state index in [9.17, 15) is 14.3 Å². The summed E-state index contributed by atoms with van der Waals surface area (Å²) in [5.74, 6) is -1.64. The Morgan fingerprint density at radius 3 is 2.60 bits per heavy atom. The van der Waals surface area contributed by atoms with E-state index in [1.165, 1.54) is 0 Å². The summed E-state index contributed by atoms with van der Waals surface area (Å²) < 4.78 is 13.1. The Labute approximate surface area is 87.2 Å². The standard InChI is InChI=1S/C11H13FO3/c1-2-7-5-3-4-6-8(7)10(13)9(12)11(14)15/h3-6,9-10,13H,2H2,1H3,(H,14,15). The molecule has 1 aromatic carbocycles. The Balaban J connectivity index is 2.99. The predicted molar refractivity (Wildman–Crippen MR) is 53.3 cm³/mol. The van der Waals surface area contributed by atoms with Crippen LogP contribution in [0.5, 0.6) is 0 Å². The fourth-order valence-electron chi connectivity index (χ4n) is 1.44. The molecule has 0 spiro atoms. The molecule has 0 saturated heterocycles. The van der Waals surface area contributed by atoms with Crippen molar-refractivity contribution < 1.29 is 19.4 Å².